The highest BCUT2D eigenvalue weighted by Crippen LogP contribution is 2.26. The molecule has 0 saturated carbocycles. The van der Waals surface area contributed by atoms with Crippen LogP contribution in [0.1, 0.15) is 10.4 Å². The van der Waals surface area contributed by atoms with Crippen LogP contribution in [0.25, 0.3) is 22.1 Å². The average molecular weight is 285 g/mol. The number of rotatable bonds is 3. The van der Waals surface area contributed by atoms with E-state index in [1.54, 1.807) is 47.3 Å². The van der Waals surface area contributed by atoms with Gasteiger partial charge in [-0.1, -0.05) is 24.3 Å². The molecule has 3 aromatic rings. The lowest BCUT2D eigenvalue weighted by atomic mass is 10.1. The molecule has 6 heteroatoms. The van der Waals surface area contributed by atoms with E-state index in [1.807, 2.05) is 17.5 Å². The lowest BCUT2D eigenvalue weighted by Crippen LogP contribution is -2.02. The van der Waals surface area contributed by atoms with Crippen molar-refractivity contribution in [2.24, 2.45) is 7.05 Å². The topological polar surface area (TPSA) is 68.0 Å². The number of carboxylic acids is 1. The fourth-order valence-electron chi connectivity index (χ4n) is 1.99. The Labute approximate surface area is 119 Å². The summed E-state index contributed by atoms with van der Waals surface area (Å²) in [5, 5.41) is 15.6. The number of aromatic nitrogens is 3. The van der Waals surface area contributed by atoms with E-state index in [9.17, 15) is 9.90 Å². The van der Waals surface area contributed by atoms with E-state index in [2.05, 4.69) is 10.1 Å². The van der Waals surface area contributed by atoms with Gasteiger partial charge in [-0.05, 0) is 17.5 Å². The van der Waals surface area contributed by atoms with Crippen LogP contribution >= 0.6 is 11.3 Å². The fourth-order valence-corrected chi connectivity index (χ4v) is 2.65. The molecule has 100 valence electrons. The summed E-state index contributed by atoms with van der Waals surface area (Å²) < 4.78 is 1.61. The van der Waals surface area contributed by atoms with Crippen molar-refractivity contribution < 1.29 is 9.90 Å². The van der Waals surface area contributed by atoms with E-state index >= 15 is 0 Å². The monoisotopic (exact) mass is 285 g/mol. The average Bonchev–Trinajstić information content (AvgIpc) is 3.07. The summed E-state index contributed by atoms with van der Waals surface area (Å²) in [7, 11) is 1.76. The van der Waals surface area contributed by atoms with Crippen LogP contribution < -0.4 is 0 Å². The number of aryl methyl sites for hydroxylation is 1. The molecule has 2 heterocycles. The van der Waals surface area contributed by atoms with Crippen LogP contribution in [0.4, 0.5) is 0 Å². The quantitative estimate of drug-likeness (QED) is 0.803. The van der Waals surface area contributed by atoms with Crippen molar-refractivity contribution >= 4 is 17.3 Å². The highest BCUT2D eigenvalue weighted by molar-refractivity contribution is 7.13. The molecule has 2 aromatic heterocycles. The highest BCUT2D eigenvalue weighted by Gasteiger charge is 2.17. The minimum Gasteiger partial charge on any atom is -0.478 e. The molecule has 0 aliphatic rings. The van der Waals surface area contributed by atoms with Gasteiger partial charge in [-0.2, -0.15) is 0 Å². The van der Waals surface area contributed by atoms with E-state index in [4.69, 9.17) is 0 Å². The Hall–Kier alpha value is -2.47. The normalized spacial score (nSPS) is 10.7. The van der Waals surface area contributed by atoms with Crippen LogP contribution in [0.2, 0.25) is 0 Å². The standard InChI is InChI=1S/C14H11N3O2S/c1-17-13(9-5-2-3-6-10(9)14(18)19)15-12(16-17)11-7-4-8-20-11/h2-8H,1H3,(H,18,19). The first-order valence-corrected chi connectivity index (χ1v) is 6.82. The van der Waals surface area contributed by atoms with Gasteiger partial charge >= 0.3 is 5.97 Å². The maximum Gasteiger partial charge on any atom is 0.336 e. The summed E-state index contributed by atoms with van der Waals surface area (Å²) in [6.07, 6.45) is 0. The van der Waals surface area contributed by atoms with Crippen molar-refractivity contribution in [3.63, 3.8) is 0 Å². The summed E-state index contributed by atoms with van der Waals surface area (Å²) in [6.45, 7) is 0. The van der Waals surface area contributed by atoms with Crippen molar-refractivity contribution in [3.05, 3.63) is 47.3 Å². The molecule has 0 spiro atoms. The van der Waals surface area contributed by atoms with Crippen molar-refractivity contribution in [2.75, 3.05) is 0 Å². The maximum absolute atomic E-state index is 11.3. The summed E-state index contributed by atoms with van der Waals surface area (Å²) in [4.78, 5) is 16.7. The lowest BCUT2D eigenvalue weighted by molar-refractivity contribution is 0.0697. The van der Waals surface area contributed by atoms with Gasteiger partial charge in [-0.3, -0.25) is 0 Å². The second-order valence-corrected chi connectivity index (χ2v) is 5.16. The largest absolute Gasteiger partial charge is 0.478 e. The van der Waals surface area contributed by atoms with Gasteiger partial charge in [0, 0.05) is 12.6 Å². The van der Waals surface area contributed by atoms with Gasteiger partial charge in [-0.15, -0.1) is 16.4 Å². The molecule has 0 fully saturated rings. The Balaban J connectivity index is 2.14. The minimum absolute atomic E-state index is 0.223. The molecular formula is C14H11N3O2S. The third-order valence-electron chi connectivity index (χ3n) is 2.90. The predicted octanol–water partition coefficient (Wildman–Crippen LogP) is 2.91. The van der Waals surface area contributed by atoms with Crippen LogP contribution in [-0.4, -0.2) is 25.8 Å². The third-order valence-corrected chi connectivity index (χ3v) is 3.77. The van der Waals surface area contributed by atoms with Gasteiger partial charge in [0.15, 0.2) is 11.6 Å². The smallest absolute Gasteiger partial charge is 0.336 e. The highest BCUT2D eigenvalue weighted by atomic mass is 32.1. The molecular weight excluding hydrogens is 274 g/mol. The van der Waals surface area contributed by atoms with Gasteiger partial charge < -0.3 is 5.11 Å². The maximum atomic E-state index is 11.3. The molecule has 0 aliphatic heterocycles. The van der Waals surface area contributed by atoms with Crippen LogP contribution in [0, 0.1) is 0 Å². The van der Waals surface area contributed by atoms with Crippen molar-refractivity contribution in [2.45, 2.75) is 0 Å². The number of thiophene rings is 1. The molecule has 1 aromatic carbocycles. The molecule has 3 rings (SSSR count). The number of benzene rings is 1. The van der Waals surface area contributed by atoms with Crippen LogP contribution in [0.5, 0.6) is 0 Å². The van der Waals surface area contributed by atoms with Crippen LogP contribution in [-0.2, 0) is 7.05 Å². The number of aromatic carboxylic acids is 1. The van der Waals surface area contributed by atoms with E-state index in [0.717, 1.165) is 4.88 Å². The van der Waals surface area contributed by atoms with E-state index < -0.39 is 5.97 Å². The van der Waals surface area contributed by atoms with Gasteiger partial charge in [0.1, 0.15) is 0 Å². The van der Waals surface area contributed by atoms with Crippen LogP contribution in [0.15, 0.2) is 41.8 Å². The SMILES string of the molecule is Cn1nc(-c2cccs2)nc1-c1ccccc1C(=O)O. The van der Waals surface area contributed by atoms with Crippen molar-refractivity contribution in [3.8, 4) is 22.1 Å². The first-order valence-electron chi connectivity index (χ1n) is 5.94. The number of carbonyl (C=O) groups is 1. The lowest BCUT2D eigenvalue weighted by Gasteiger charge is -2.03. The summed E-state index contributed by atoms with van der Waals surface area (Å²) in [5.41, 5.74) is 0.790. The Bertz CT molecular complexity index is 763. The third kappa shape index (κ3) is 2.10. The first kappa shape index (κ1) is 12.6. The van der Waals surface area contributed by atoms with E-state index in [-0.39, 0.29) is 5.56 Å². The molecule has 0 atom stereocenters. The zero-order chi connectivity index (χ0) is 14.1. The number of hydrogen-bond acceptors (Lipinski definition) is 4. The molecule has 1 N–H and O–H groups in total. The molecule has 0 saturated heterocycles. The van der Waals surface area contributed by atoms with Crippen molar-refractivity contribution in [1.29, 1.82) is 0 Å². The molecule has 0 amide bonds. The fraction of sp³-hybridized carbons (Fsp3) is 0.0714. The Kier molecular flexibility index (Phi) is 3.08. The molecule has 0 radical (unpaired) electrons. The Morgan fingerprint density at radius 2 is 2.05 bits per heavy atom. The second kappa shape index (κ2) is 4.90. The number of hydrogen-bond donors (Lipinski definition) is 1. The summed E-state index contributed by atoms with van der Waals surface area (Å²) in [5.74, 6) is 0.186. The molecule has 5 nitrogen and oxygen atoms in total. The van der Waals surface area contributed by atoms with Gasteiger partial charge in [0.05, 0.1) is 10.4 Å². The molecule has 20 heavy (non-hydrogen) atoms. The first-order chi connectivity index (χ1) is 9.66. The van der Waals surface area contributed by atoms with E-state index in [0.29, 0.717) is 17.2 Å². The molecule has 0 unspecified atom stereocenters. The number of carboxylic acid groups (broad SMARTS) is 1. The zero-order valence-corrected chi connectivity index (χ0v) is 11.5. The summed E-state index contributed by atoms with van der Waals surface area (Å²) >= 11 is 1.55. The summed E-state index contributed by atoms with van der Waals surface area (Å²) in [6, 6.07) is 10.7. The predicted molar refractivity (Wildman–Crippen MR) is 76.7 cm³/mol. The Morgan fingerprint density at radius 3 is 2.75 bits per heavy atom. The van der Waals surface area contributed by atoms with Crippen molar-refractivity contribution in [1.82, 2.24) is 14.8 Å². The molecule has 0 aliphatic carbocycles. The van der Waals surface area contributed by atoms with E-state index in [1.165, 1.54) is 0 Å². The van der Waals surface area contributed by atoms with Crippen LogP contribution in [0.3, 0.4) is 0 Å². The number of nitrogens with zero attached hydrogens (tertiary/aromatic N) is 3. The molecule has 0 bridgehead atoms. The van der Waals surface area contributed by atoms with Gasteiger partial charge in [-0.25, -0.2) is 14.5 Å². The zero-order valence-electron chi connectivity index (χ0n) is 10.6. The Morgan fingerprint density at radius 1 is 1.25 bits per heavy atom. The van der Waals surface area contributed by atoms with Gasteiger partial charge in [0.2, 0.25) is 0 Å². The minimum atomic E-state index is -0.971. The van der Waals surface area contributed by atoms with Gasteiger partial charge in [0.25, 0.3) is 0 Å². The second-order valence-electron chi connectivity index (χ2n) is 4.21.